The van der Waals surface area contributed by atoms with Crippen LogP contribution in [0.3, 0.4) is 0 Å². The molecule has 23 heavy (non-hydrogen) atoms. The van der Waals surface area contributed by atoms with Crippen molar-refractivity contribution in [1.29, 1.82) is 0 Å². The molecule has 0 radical (unpaired) electrons. The second-order valence-electron chi connectivity index (χ2n) is 6.07. The van der Waals surface area contributed by atoms with Gasteiger partial charge in [0, 0.05) is 0 Å². The van der Waals surface area contributed by atoms with Gasteiger partial charge in [-0.05, 0) is 36.5 Å². The molecule has 0 saturated carbocycles. The van der Waals surface area contributed by atoms with Crippen molar-refractivity contribution >= 4 is 10.1 Å². The van der Waals surface area contributed by atoms with Gasteiger partial charge < -0.3 is 4.55 Å². The summed E-state index contributed by atoms with van der Waals surface area (Å²) in [5.74, 6) is 0.472. The molecule has 0 aliphatic heterocycles. The minimum Gasteiger partial charge on any atom is -0.744 e. The predicted octanol–water partition coefficient (Wildman–Crippen LogP) is 2.23. The molecule has 1 aromatic carbocycles. The van der Waals surface area contributed by atoms with Crippen molar-refractivity contribution in [3.05, 3.63) is 29.8 Å². The molecule has 126 valence electrons. The second-order valence-corrected chi connectivity index (χ2v) is 7.44. The van der Waals surface area contributed by atoms with E-state index in [1.807, 2.05) is 12.1 Å². The molecule has 0 saturated heterocycles. The van der Waals surface area contributed by atoms with Crippen molar-refractivity contribution < 1.29 is 42.5 Å². The molecular formula is C18H29NaO3S. The quantitative estimate of drug-likeness (QED) is 0.350. The normalized spacial score (nSPS) is 12.7. The van der Waals surface area contributed by atoms with Crippen molar-refractivity contribution in [1.82, 2.24) is 0 Å². The fourth-order valence-corrected chi connectivity index (χ4v) is 3.37. The Balaban J connectivity index is 0.00000484. The maximum Gasteiger partial charge on any atom is 1.00 e. The molecule has 0 fully saturated rings. The van der Waals surface area contributed by atoms with Crippen molar-refractivity contribution in [3.8, 4) is 0 Å². The molecular weight excluding hydrogens is 319 g/mol. The molecule has 1 unspecified atom stereocenters. The number of hydrogen-bond acceptors (Lipinski definition) is 3. The van der Waals surface area contributed by atoms with Crippen molar-refractivity contribution in [3.63, 3.8) is 0 Å². The standard InChI is InChI=1S/C18H30O3S.Na/c1-3-5-6-7-8-9-11-16(10-4-2)17-12-14-18(15-13-17)22(19,20)21;/h12-16H,3-11H2,1-2H3,(H,19,20,21);/q;+1/p-1. The summed E-state index contributed by atoms with van der Waals surface area (Å²) in [5, 5.41) is 0. The van der Waals surface area contributed by atoms with Crippen LogP contribution in [0, 0.1) is 0 Å². The molecule has 5 heteroatoms. The van der Waals surface area contributed by atoms with Crippen molar-refractivity contribution in [2.75, 3.05) is 0 Å². The fraction of sp³-hybridized carbons (Fsp3) is 0.667. The van der Waals surface area contributed by atoms with E-state index in [4.69, 9.17) is 0 Å². The summed E-state index contributed by atoms with van der Waals surface area (Å²) in [6.07, 6.45) is 11.1. The molecule has 0 heterocycles. The van der Waals surface area contributed by atoms with Gasteiger partial charge in [0.1, 0.15) is 10.1 Å². The zero-order valence-electron chi connectivity index (χ0n) is 14.9. The Labute approximate surface area is 164 Å². The summed E-state index contributed by atoms with van der Waals surface area (Å²) >= 11 is 0. The SMILES string of the molecule is CCCCCCCCC(CCC)c1ccc(S(=O)(=O)[O-])cc1.[Na+]. The summed E-state index contributed by atoms with van der Waals surface area (Å²) in [6, 6.07) is 6.51. The van der Waals surface area contributed by atoms with E-state index in [1.165, 1.54) is 50.7 Å². The molecule has 0 bridgehead atoms. The summed E-state index contributed by atoms with van der Waals surface area (Å²) in [4.78, 5) is -0.133. The third-order valence-corrected chi connectivity index (χ3v) is 5.03. The first kappa shape index (κ1) is 23.1. The molecule has 1 rings (SSSR count). The van der Waals surface area contributed by atoms with E-state index in [2.05, 4.69) is 13.8 Å². The van der Waals surface area contributed by atoms with Crippen LogP contribution in [0.25, 0.3) is 0 Å². The van der Waals surface area contributed by atoms with E-state index < -0.39 is 10.1 Å². The third-order valence-electron chi connectivity index (χ3n) is 4.18. The van der Waals surface area contributed by atoms with Gasteiger partial charge in [-0.1, -0.05) is 70.9 Å². The van der Waals surface area contributed by atoms with Crippen LogP contribution in [0.2, 0.25) is 0 Å². The Morgan fingerprint density at radius 2 is 1.43 bits per heavy atom. The number of unbranched alkanes of at least 4 members (excludes halogenated alkanes) is 5. The fourth-order valence-electron chi connectivity index (χ4n) is 2.90. The van der Waals surface area contributed by atoms with E-state index in [0.29, 0.717) is 5.92 Å². The zero-order chi connectivity index (χ0) is 16.4. The van der Waals surface area contributed by atoms with E-state index in [-0.39, 0.29) is 34.5 Å². The summed E-state index contributed by atoms with van der Waals surface area (Å²) < 4.78 is 32.9. The van der Waals surface area contributed by atoms with Gasteiger partial charge in [-0.2, -0.15) is 0 Å². The van der Waals surface area contributed by atoms with Gasteiger partial charge in [-0.25, -0.2) is 8.42 Å². The summed E-state index contributed by atoms with van der Waals surface area (Å²) in [5.41, 5.74) is 1.16. The van der Waals surface area contributed by atoms with Gasteiger partial charge in [0.2, 0.25) is 0 Å². The van der Waals surface area contributed by atoms with Crippen LogP contribution in [0.15, 0.2) is 29.2 Å². The Bertz CT molecular complexity index is 512. The van der Waals surface area contributed by atoms with Crippen molar-refractivity contribution in [2.24, 2.45) is 0 Å². The topological polar surface area (TPSA) is 57.2 Å². The van der Waals surface area contributed by atoms with Gasteiger partial charge >= 0.3 is 29.6 Å². The Kier molecular flexibility index (Phi) is 12.6. The average molecular weight is 348 g/mol. The Hall–Kier alpha value is 0.130. The third kappa shape index (κ3) is 9.25. The van der Waals surface area contributed by atoms with E-state index in [9.17, 15) is 13.0 Å². The molecule has 0 aliphatic carbocycles. The van der Waals surface area contributed by atoms with Crippen LogP contribution in [-0.4, -0.2) is 13.0 Å². The van der Waals surface area contributed by atoms with Crippen LogP contribution in [0.1, 0.15) is 83.1 Å². The van der Waals surface area contributed by atoms with Gasteiger partial charge in [0.15, 0.2) is 0 Å². The monoisotopic (exact) mass is 348 g/mol. The van der Waals surface area contributed by atoms with Gasteiger partial charge in [0.25, 0.3) is 0 Å². The van der Waals surface area contributed by atoms with E-state index in [1.54, 1.807) is 0 Å². The molecule has 0 amide bonds. The van der Waals surface area contributed by atoms with Crippen LogP contribution < -0.4 is 29.6 Å². The molecule has 3 nitrogen and oxygen atoms in total. The van der Waals surface area contributed by atoms with Crippen LogP contribution in [-0.2, 0) is 10.1 Å². The van der Waals surface area contributed by atoms with Crippen molar-refractivity contribution in [2.45, 2.75) is 82.4 Å². The number of rotatable bonds is 11. The minimum atomic E-state index is -4.34. The van der Waals surface area contributed by atoms with E-state index in [0.717, 1.165) is 24.8 Å². The van der Waals surface area contributed by atoms with Gasteiger partial charge in [-0.3, -0.25) is 0 Å². The maximum atomic E-state index is 11.0. The van der Waals surface area contributed by atoms with Crippen LogP contribution in [0.4, 0.5) is 0 Å². The largest absolute Gasteiger partial charge is 1.00 e. The maximum absolute atomic E-state index is 11.0. The Morgan fingerprint density at radius 1 is 0.870 bits per heavy atom. The molecule has 1 atom stereocenters. The van der Waals surface area contributed by atoms with Gasteiger partial charge in [-0.15, -0.1) is 0 Å². The number of benzene rings is 1. The smallest absolute Gasteiger partial charge is 0.744 e. The second kappa shape index (κ2) is 12.5. The first-order valence-corrected chi connectivity index (χ1v) is 9.95. The molecule has 1 aromatic rings. The minimum absolute atomic E-state index is 0. The average Bonchev–Trinajstić information content (AvgIpc) is 2.49. The summed E-state index contributed by atoms with van der Waals surface area (Å²) in [6.45, 7) is 4.40. The first-order chi connectivity index (χ1) is 10.5. The Morgan fingerprint density at radius 3 is 1.96 bits per heavy atom. The van der Waals surface area contributed by atoms with Crippen LogP contribution >= 0.6 is 0 Å². The zero-order valence-corrected chi connectivity index (χ0v) is 17.7. The van der Waals surface area contributed by atoms with Crippen LogP contribution in [0.5, 0.6) is 0 Å². The molecule has 0 aromatic heterocycles. The molecule has 0 spiro atoms. The van der Waals surface area contributed by atoms with Gasteiger partial charge in [0.05, 0.1) is 4.90 Å². The molecule has 0 N–H and O–H groups in total. The summed E-state index contributed by atoms with van der Waals surface area (Å²) in [7, 11) is -4.34. The number of hydrogen-bond donors (Lipinski definition) is 0. The first-order valence-electron chi connectivity index (χ1n) is 8.54. The molecule has 0 aliphatic rings. The van der Waals surface area contributed by atoms with E-state index >= 15 is 0 Å². The predicted molar refractivity (Wildman–Crippen MR) is 90.0 cm³/mol.